The third-order valence-electron chi connectivity index (χ3n) is 3.14. The molecule has 0 aromatic rings. The fraction of sp³-hybridized carbons (Fsp3) is 1.00. The van der Waals surface area contributed by atoms with E-state index in [4.69, 9.17) is 0 Å². The predicted octanol–water partition coefficient (Wildman–Crippen LogP) is 3.06. The summed E-state index contributed by atoms with van der Waals surface area (Å²) in [6, 6.07) is 0. The van der Waals surface area contributed by atoms with E-state index >= 15 is 0 Å². The van der Waals surface area contributed by atoms with Crippen LogP contribution >= 0.6 is 0 Å². The smallest absolute Gasteiger partial charge is 0.460 e. The second-order valence-corrected chi connectivity index (χ2v) is 6.61. The zero-order chi connectivity index (χ0) is 20.4. The van der Waals surface area contributed by atoms with Gasteiger partial charge in [-0.05, 0) is 13.8 Å². The minimum atomic E-state index is -7.43. The Labute approximate surface area is 132 Å². The van der Waals surface area contributed by atoms with Gasteiger partial charge in [0.05, 0.1) is 27.2 Å². The van der Waals surface area contributed by atoms with Gasteiger partial charge in [0.1, 0.15) is 0 Å². The summed E-state index contributed by atoms with van der Waals surface area (Å²) in [5, 5.41) is -7.11. The molecule has 148 valence electrons. The van der Waals surface area contributed by atoms with Crippen LogP contribution in [0.25, 0.3) is 0 Å². The molecule has 0 spiro atoms. The second-order valence-electron chi connectivity index (χ2n) is 5.19. The van der Waals surface area contributed by atoms with Gasteiger partial charge in [0, 0.05) is 0 Å². The monoisotopic (exact) mass is 401 g/mol. The van der Waals surface area contributed by atoms with E-state index in [9.17, 15) is 52.5 Å². The van der Waals surface area contributed by atoms with E-state index in [1.165, 1.54) is 13.1 Å². The third-order valence-corrected chi connectivity index (χ3v) is 4.03. The van der Waals surface area contributed by atoms with Crippen LogP contribution in [0.1, 0.15) is 13.8 Å². The van der Waals surface area contributed by atoms with Crippen molar-refractivity contribution in [3.8, 4) is 0 Å². The highest BCUT2D eigenvalue weighted by Crippen LogP contribution is 2.54. The van der Waals surface area contributed by atoms with Crippen LogP contribution in [0.5, 0.6) is 0 Å². The Kier molecular flexibility index (Phi) is 7.68. The number of hydrogen-bond acceptors (Lipinski definition) is 3. The van der Waals surface area contributed by atoms with Gasteiger partial charge in [-0.15, -0.1) is 0 Å². The van der Waals surface area contributed by atoms with Gasteiger partial charge < -0.3 is 9.04 Å². The Balaban J connectivity index is 0. The molecule has 0 aliphatic rings. The van der Waals surface area contributed by atoms with Crippen LogP contribution in [0.3, 0.4) is 0 Å². The summed E-state index contributed by atoms with van der Waals surface area (Å²) in [5.74, 6) is -14.8. The van der Waals surface area contributed by atoms with Crippen LogP contribution in [0.4, 0.5) is 39.5 Å². The lowest BCUT2D eigenvalue weighted by molar-refractivity contribution is -0.886. The fourth-order valence-electron chi connectivity index (χ4n) is 0.741. The van der Waals surface area contributed by atoms with Crippen molar-refractivity contribution in [3.63, 3.8) is 0 Å². The zero-order valence-corrected chi connectivity index (χ0v) is 13.7. The van der Waals surface area contributed by atoms with Crippen molar-refractivity contribution < 1.29 is 57.0 Å². The average molecular weight is 401 g/mol. The molecule has 24 heavy (non-hydrogen) atoms. The molecular weight excluding hydrogens is 385 g/mol. The maximum Gasteiger partial charge on any atom is 0.460 e. The maximum atomic E-state index is 12.2. The van der Waals surface area contributed by atoms with Gasteiger partial charge in [0.25, 0.3) is 0 Å². The highest BCUT2D eigenvalue weighted by atomic mass is 32.2. The minimum Gasteiger partial charge on any atom is -0.743 e. The van der Waals surface area contributed by atoms with Crippen molar-refractivity contribution in [1.29, 1.82) is 0 Å². The minimum absolute atomic E-state index is 1.14. The lowest BCUT2D eigenvalue weighted by Crippen LogP contribution is -2.63. The van der Waals surface area contributed by atoms with Crippen molar-refractivity contribution in [1.82, 2.24) is 0 Å². The Hall–Kier alpha value is -0.760. The predicted molar refractivity (Wildman–Crippen MR) is 63.8 cm³/mol. The molecule has 0 N–H and O–H groups in total. The number of nitrogens with zero attached hydrogens (tertiary/aromatic N) is 1. The van der Waals surface area contributed by atoms with Crippen molar-refractivity contribution in [2.24, 2.45) is 0 Å². The van der Waals surface area contributed by atoms with Gasteiger partial charge >= 0.3 is 23.3 Å². The normalized spacial score (nSPS) is 14.9. The summed E-state index contributed by atoms with van der Waals surface area (Å²) in [6.45, 7) is 6.89. The molecule has 0 atom stereocenters. The van der Waals surface area contributed by atoms with Crippen molar-refractivity contribution in [2.45, 2.75) is 37.1 Å². The summed E-state index contributed by atoms with van der Waals surface area (Å²) in [4.78, 5) is 0. The molecule has 0 rings (SSSR count). The zero-order valence-electron chi connectivity index (χ0n) is 12.9. The van der Waals surface area contributed by atoms with Gasteiger partial charge in [0.2, 0.25) is 0 Å². The highest BCUT2D eigenvalue weighted by Gasteiger charge is 2.83. The lowest BCUT2D eigenvalue weighted by Gasteiger charge is -2.34. The third kappa shape index (κ3) is 5.12. The number of halogens is 9. The average Bonchev–Trinajstić information content (AvgIpc) is 2.36. The summed E-state index contributed by atoms with van der Waals surface area (Å²) in [6.07, 6.45) is -7.16. The largest absolute Gasteiger partial charge is 0.743 e. The molecule has 4 nitrogen and oxygen atoms in total. The molecule has 0 radical (unpaired) electrons. The lowest BCUT2D eigenvalue weighted by atomic mass is 10.1. The fourth-order valence-corrected chi connectivity index (χ4v) is 1.18. The summed E-state index contributed by atoms with van der Waals surface area (Å²) >= 11 is 0. The van der Waals surface area contributed by atoms with Gasteiger partial charge in [-0.1, -0.05) is 0 Å². The number of quaternary nitrogens is 1. The van der Waals surface area contributed by atoms with Crippen LogP contribution in [-0.2, 0) is 10.1 Å². The quantitative estimate of drug-likeness (QED) is 0.404. The van der Waals surface area contributed by atoms with Gasteiger partial charge in [-0.25, -0.2) is 8.42 Å². The van der Waals surface area contributed by atoms with E-state index in [0.717, 1.165) is 4.48 Å². The van der Waals surface area contributed by atoms with E-state index < -0.39 is 33.4 Å². The van der Waals surface area contributed by atoms with E-state index in [0.29, 0.717) is 0 Å². The van der Waals surface area contributed by atoms with Crippen molar-refractivity contribution >= 4 is 10.1 Å². The van der Waals surface area contributed by atoms with E-state index in [-0.39, 0.29) is 0 Å². The SMILES string of the molecule is CC[N+](C)(C)CC.O=S(=O)([O-])C(F)(F)C(F)(F)C(F)(F)C(F)(F)F. The molecular formula is C10H16F9NO3S. The molecule has 0 amide bonds. The van der Waals surface area contributed by atoms with Crippen LogP contribution in [-0.4, -0.2) is 67.9 Å². The van der Waals surface area contributed by atoms with Crippen LogP contribution < -0.4 is 0 Å². The van der Waals surface area contributed by atoms with Crippen LogP contribution in [0, 0.1) is 0 Å². The molecule has 0 fully saturated rings. The number of rotatable bonds is 5. The first-order valence-electron chi connectivity index (χ1n) is 6.10. The van der Waals surface area contributed by atoms with Gasteiger partial charge in [-0.3, -0.25) is 0 Å². The van der Waals surface area contributed by atoms with Crippen molar-refractivity contribution in [3.05, 3.63) is 0 Å². The first-order valence-corrected chi connectivity index (χ1v) is 7.50. The topological polar surface area (TPSA) is 57.2 Å². The number of hydrogen-bond donors (Lipinski definition) is 0. The Bertz CT molecular complexity index is 508. The Morgan fingerprint density at radius 3 is 1.21 bits per heavy atom. The molecule has 0 heterocycles. The molecule has 0 aromatic heterocycles. The number of alkyl halides is 9. The molecule has 0 aromatic carbocycles. The van der Waals surface area contributed by atoms with Gasteiger partial charge in [0.15, 0.2) is 10.1 Å². The molecule has 0 bridgehead atoms. The van der Waals surface area contributed by atoms with Gasteiger partial charge in [-0.2, -0.15) is 39.5 Å². The molecule has 0 saturated heterocycles. The Morgan fingerprint density at radius 1 is 0.792 bits per heavy atom. The van der Waals surface area contributed by atoms with E-state index in [1.807, 2.05) is 0 Å². The summed E-state index contributed by atoms with van der Waals surface area (Å²) in [7, 11) is -2.94. The Morgan fingerprint density at radius 2 is 1.08 bits per heavy atom. The van der Waals surface area contributed by atoms with E-state index in [2.05, 4.69) is 27.9 Å². The first kappa shape index (κ1) is 25.5. The molecule has 14 heteroatoms. The molecule has 0 saturated carbocycles. The summed E-state index contributed by atoms with van der Waals surface area (Å²) < 4.78 is 137. The molecule has 0 unspecified atom stereocenters. The molecule has 0 aliphatic carbocycles. The first-order chi connectivity index (χ1) is 10.1. The standard InChI is InChI=1S/C6H16N.C4HF9O3S/c1-5-7(3,4)6-2;5-1(6,3(9,10)11)2(7,8)4(12,13)17(14,15)16/h5-6H2,1-4H3;(H,14,15,16)/q+1;/p-1. The van der Waals surface area contributed by atoms with Crippen LogP contribution in [0.15, 0.2) is 0 Å². The second kappa shape index (κ2) is 7.23. The molecule has 0 aliphatic heterocycles. The van der Waals surface area contributed by atoms with E-state index in [1.54, 1.807) is 0 Å². The maximum absolute atomic E-state index is 12.2. The van der Waals surface area contributed by atoms with Crippen molar-refractivity contribution in [2.75, 3.05) is 27.2 Å². The summed E-state index contributed by atoms with van der Waals surface area (Å²) in [5.41, 5.74) is 0. The van der Waals surface area contributed by atoms with Crippen LogP contribution in [0.2, 0.25) is 0 Å². The highest BCUT2D eigenvalue weighted by molar-refractivity contribution is 7.86.